The van der Waals surface area contributed by atoms with Crippen molar-refractivity contribution in [3.63, 3.8) is 0 Å². The third-order valence-electron chi connectivity index (χ3n) is 3.19. The highest BCUT2D eigenvalue weighted by molar-refractivity contribution is 5.98. The Morgan fingerprint density at radius 3 is 2.15 bits per heavy atom. The molecule has 0 radical (unpaired) electrons. The van der Waals surface area contributed by atoms with E-state index in [1.54, 1.807) is 37.3 Å². The monoisotopic (exact) mass is 274 g/mol. The summed E-state index contributed by atoms with van der Waals surface area (Å²) in [6.45, 7) is 1.56. The van der Waals surface area contributed by atoms with E-state index in [-0.39, 0.29) is 17.0 Å². The van der Waals surface area contributed by atoms with Crippen LogP contribution in [-0.2, 0) is 9.59 Å². The number of rotatable bonds is 3. The second-order valence-electron chi connectivity index (χ2n) is 4.45. The number of allylic oxidation sites excluding steroid dienone is 1. The molecule has 0 amide bonds. The molecule has 20 heavy (non-hydrogen) atoms. The lowest BCUT2D eigenvalue weighted by molar-refractivity contribution is -0.133. The zero-order chi connectivity index (χ0) is 14.9. The Kier molecular flexibility index (Phi) is 3.47. The predicted octanol–water partition coefficient (Wildman–Crippen LogP) is 0.987. The lowest BCUT2D eigenvalue weighted by Gasteiger charge is -2.28. The number of nitrogens with two attached hydrogens (primary N) is 1. The van der Waals surface area contributed by atoms with E-state index in [1.165, 1.54) is 0 Å². The van der Waals surface area contributed by atoms with E-state index in [4.69, 9.17) is 5.73 Å². The Hall–Kier alpha value is -2.76. The minimum absolute atomic E-state index is 0.0113. The minimum Gasteiger partial charge on any atom is -0.478 e. The van der Waals surface area contributed by atoms with Gasteiger partial charge in [0, 0.05) is 5.70 Å². The average molecular weight is 274 g/mol. The van der Waals surface area contributed by atoms with Crippen LogP contribution >= 0.6 is 0 Å². The fourth-order valence-electron chi connectivity index (χ4n) is 2.35. The standard InChI is InChI=1S/C14H14N2O4/c1-7-9(13(17)18)10(8-5-3-2-4-6-8)11(14(19)20)12(15)16-7/h2-6,10,16H,15H2,1H3,(H,17,18)(H,19,20). The van der Waals surface area contributed by atoms with Crippen LogP contribution in [0.2, 0.25) is 0 Å². The van der Waals surface area contributed by atoms with Crippen LogP contribution in [-0.4, -0.2) is 22.2 Å². The number of benzene rings is 1. The van der Waals surface area contributed by atoms with Gasteiger partial charge in [0.15, 0.2) is 0 Å². The van der Waals surface area contributed by atoms with Gasteiger partial charge in [-0.2, -0.15) is 0 Å². The van der Waals surface area contributed by atoms with Crippen LogP contribution < -0.4 is 11.1 Å². The topological polar surface area (TPSA) is 113 Å². The van der Waals surface area contributed by atoms with Gasteiger partial charge in [0.25, 0.3) is 0 Å². The fourth-order valence-corrected chi connectivity index (χ4v) is 2.35. The number of carbonyl (C=O) groups is 2. The molecule has 1 aromatic rings. The molecule has 1 aliphatic heterocycles. The lowest BCUT2D eigenvalue weighted by atomic mass is 9.81. The SMILES string of the molecule is CC1=C(C(=O)O)C(c2ccccc2)C(C(=O)O)=C(N)N1. The number of hydrogen-bond acceptors (Lipinski definition) is 4. The highest BCUT2D eigenvalue weighted by Gasteiger charge is 2.36. The molecule has 0 aromatic heterocycles. The zero-order valence-electron chi connectivity index (χ0n) is 10.8. The van der Waals surface area contributed by atoms with Crippen molar-refractivity contribution in [1.29, 1.82) is 0 Å². The Labute approximate surface area is 115 Å². The first-order valence-electron chi connectivity index (χ1n) is 5.92. The molecular weight excluding hydrogens is 260 g/mol. The van der Waals surface area contributed by atoms with Gasteiger partial charge in [0.05, 0.1) is 17.1 Å². The number of dihydropyridines is 1. The number of hydrogen-bond donors (Lipinski definition) is 4. The predicted molar refractivity (Wildman–Crippen MR) is 71.5 cm³/mol. The molecular formula is C14H14N2O4. The van der Waals surface area contributed by atoms with Crippen LogP contribution in [0.25, 0.3) is 0 Å². The summed E-state index contributed by atoms with van der Waals surface area (Å²) in [7, 11) is 0. The van der Waals surface area contributed by atoms with Crippen molar-refractivity contribution in [2.75, 3.05) is 0 Å². The lowest BCUT2D eigenvalue weighted by Crippen LogP contribution is -2.35. The van der Waals surface area contributed by atoms with Gasteiger partial charge < -0.3 is 21.3 Å². The van der Waals surface area contributed by atoms with Crippen molar-refractivity contribution >= 4 is 11.9 Å². The summed E-state index contributed by atoms with van der Waals surface area (Å²) in [4.78, 5) is 22.9. The van der Waals surface area contributed by atoms with Crippen LogP contribution in [0.15, 0.2) is 53.0 Å². The molecule has 1 aromatic carbocycles. The third kappa shape index (κ3) is 2.23. The summed E-state index contributed by atoms with van der Waals surface area (Å²) in [6, 6.07) is 8.59. The Morgan fingerprint density at radius 1 is 1.10 bits per heavy atom. The summed E-state index contributed by atoms with van der Waals surface area (Å²) in [6.07, 6.45) is 0. The smallest absolute Gasteiger partial charge is 0.336 e. The number of nitrogens with one attached hydrogen (secondary N) is 1. The van der Waals surface area contributed by atoms with Gasteiger partial charge in [-0.3, -0.25) is 0 Å². The normalized spacial score (nSPS) is 18.8. The van der Waals surface area contributed by atoms with Gasteiger partial charge in [-0.1, -0.05) is 30.3 Å². The molecule has 0 spiro atoms. The molecule has 0 fully saturated rings. The molecule has 0 saturated carbocycles. The van der Waals surface area contributed by atoms with Crippen LogP contribution in [0.4, 0.5) is 0 Å². The first-order chi connectivity index (χ1) is 9.43. The van der Waals surface area contributed by atoms with Crippen molar-refractivity contribution in [2.45, 2.75) is 12.8 Å². The van der Waals surface area contributed by atoms with Crippen LogP contribution in [0, 0.1) is 0 Å². The summed E-state index contributed by atoms with van der Waals surface area (Å²) in [5.74, 6) is -3.34. The molecule has 6 heteroatoms. The molecule has 2 rings (SSSR count). The van der Waals surface area contributed by atoms with E-state index < -0.39 is 17.9 Å². The highest BCUT2D eigenvalue weighted by Crippen LogP contribution is 2.36. The second kappa shape index (κ2) is 5.08. The van der Waals surface area contributed by atoms with E-state index in [9.17, 15) is 19.8 Å². The van der Waals surface area contributed by atoms with Crippen LogP contribution in [0.3, 0.4) is 0 Å². The van der Waals surface area contributed by atoms with E-state index >= 15 is 0 Å². The molecule has 0 saturated heterocycles. The molecule has 0 bridgehead atoms. The maximum absolute atomic E-state index is 11.5. The van der Waals surface area contributed by atoms with Gasteiger partial charge in [-0.05, 0) is 12.5 Å². The van der Waals surface area contributed by atoms with Crippen LogP contribution in [0.1, 0.15) is 18.4 Å². The minimum atomic E-state index is -1.24. The number of aliphatic carboxylic acids is 2. The first-order valence-corrected chi connectivity index (χ1v) is 5.92. The summed E-state index contributed by atoms with van der Waals surface area (Å²) in [5.41, 5.74) is 6.47. The Morgan fingerprint density at radius 2 is 1.65 bits per heavy atom. The van der Waals surface area contributed by atoms with Gasteiger partial charge in [-0.25, -0.2) is 9.59 Å². The number of carboxylic acids is 2. The summed E-state index contributed by atoms with van der Waals surface area (Å²) >= 11 is 0. The Bertz CT molecular complexity index is 596. The molecule has 1 heterocycles. The molecule has 1 unspecified atom stereocenters. The van der Waals surface area contributed by atoms with Gasteiger partial charge in [0.2, 0.25) is 0 Å². The van der Waals surface area contributed by atoms with Crippen molar-refractivity contribution < 1.29 is 19.8 Å². The molecule has 1 atom stereocenters. The van der Waals surface area contributed by atoms with Crippen LogP contribution in [0.5, 0.6) is 0 Å². The maximum Gasteiger partial charge on any atom is 0.336 e. The van der Waals surface area contributed by atoms with Gasteiger partial charge in [0.1, 0.15) is 5.82 Å². The average Bonchev–Trinajstić information content (AvgIpc) is 2.37. The Balaban J connectivity index is 2.67. The summed E-state index contributed by atoms with van der Waals surface area (Å²) < 4.78 is 0. The van der Waals surface area contributed by atoms with E-state index in [0.29, 0.717) is 11.3 Å². The van der Waals surface area contributed by atoms with Gasteiger partial charge in [-0.15, -0.1) is 0 Å². The third-order valence-corrected chi connectivity index (χ3v) is 3.19. The van der Waals surface area contributed by atoms with E-state index in [1.807, 2.05) is 0 Å². The van der Waals surface area contributed by atoms with Crippen molar-refractivity contribution in [3.05, 3.63) is 58.6 Å². The summed E-state index contributed by atoms with van der Waals surface area (Å²) in [5, 5.41) is 21.3. The van der Waals surface area contributed by atoms with Gasteiger partial charge >= 0.3 is 11.9 Å². The molecule has 5 N–H and O–H groups in total. The zero-order valence-corrected chi connectivity index (χ0v) is 10.8. The van der Waals surface area contributed by atoms with Crippen molar-refractivity contribution in [2.24, 2.45) is 5.73 Å². The molecule has 0 aliphatic carbocycles. The van der Waals surface area contributed by atoms with E-state index in [2.05, 4.69) is 5.32 Å². The molecule has 6 nitrogen and oxygen atoms in total. The van der Waals surface area contributed by atoms with Crippen molar-refractivity contribution in [1.82, 2.24) is 5.32 Å². The second-order valence-corrected chi connectivity index (χ2v) is 4.45. The highest BCUT2D eigenvalue weighted by atomic mass is 16.4. The number of carboxylic acid groups (broad SMARTS) is 2. The molecule has 1 aliphatic rings. The fraction of sp³-hybridized carbons (Fsp3) is 0.143. The van der Waals surface area contributed by atoms with E-state index in [0.717, 1.165) is 0 Å². The maximum atomic E-state index is 11.5. The quantitative estimate of drug-likeness (QED) is 0.653. The first kappa shape index (κ1) is 13.7. The van der Waals surface area contributed by atoms with Crippen molar-refractivity contribution in [3.8, 4) is 0 Å². The largest absolute Gasteiger partial charge is 0.478 e. The molecule has 104 valence electrons.